The lowest BCUT2D eigenvalue weighted by molar-refractivity contribution is -0.0512. The largest absolute Gasteiger partial charge is 0.493 e. The van der Waals surface area contributed by atoms with Crippen LogP contribution in [0.25, 0.3) is 11.1 Å². The number of amides is 1. The van der Waals surface area contributed by atoms with Crippen molar-refractivity contribution in [3.8, 4) is 22.6 Å². The maximum Gasteiger partial charge on any atom is 0.387 e. The van der Waals surface area contributed by atoms with E-state index in [-0.39, 0.29) is 17.4 Å². The highest BCUT2D eigenvalue weighted by Gasteiger charge is 2.22. The number of morpholine rings is 1. The zero-order chi connectivity index (χ0) is 23.9. The number of hydrogen-bond acceptors (Lipinski definition) is 6. The first kappa shape index (κ1) is 24.0. The number of methoxy groups -OCH3 is 1. The summed E-state index contributed by atoms with van der Waals surface area (Å²) in [5, 5.41) is 4.00. The second-order valence-corrected chi connectivity index (χ2v) is 8.70. The Bertz CT molecular complexity index is 1100. The lowest BCUT2D eigenvalue weighted by Gasteiger charge is -2.28. The standard InChI is InChI=1S/C25H26F2N2O4S/c1-31-20-8-7-17(15-21(20)33-25(26)27)9-10-28-23(30)22-16-19(18-5-3-2-4-6-18)24(34-22)29-11-13-32-14-12-29/h2-8,15-16,25H,9-14H2,1H3,(H,28,30). The molecule has 1 saturated heterocycles. The van der Waals surface area contributed by atoms with Crippen LogP contribution in [0.5, 0.6) is 11.5 Å². The van der Waals surface area contributed by atoms with E-state index in [1.165, 1.54) is 24.5 Å². The number of benzene rings is 2. The lowest BCUT2D eigenvalue weighted by atomic mass is 10.1. The van der Waals surface area contributed by atoms with Crippen molar-refractivity contribution in [2.75, 3.05) is 44.9 Å². The highest BCUT2D eigenvalue weighted by molar-refractivity contribution is 7.18. The summed E-state index contributed by atoms with van der Waals surface area (Å²) in [6, 6.07) is 16.8. The number of alkyl halides is 2. The summed E-state index contributed by atoms with van der Waals surface area (Å²) in [5.41, 5.74) is 2.84. The normalized spacial score (nSPS) is 13.7. The number of rotatable bonds is 9. The van der Waals surface area contributed by atoms with Crippen LogP contribution in [0.2, 0.25) is 0 Å². The van der Waals surface area contributed by atoms with Gasteiger partial charge in [0.15, 0.2) is 11.5 Å². The Balaban J connectivity index is 1.45. The predicted molar refractivity (Wildman–Crippen MR) is 128 cm³/mol. The van der Waals surface area contributed by atoms with Crippen LogP contribution in [-0.2, 0) is 11.2 Å². The van der Waals surface area contributed by atoms with Gasteiger partial charge < -0.3 is 24.4 Å². The van der Waals surface area contributed by atoms with Gasteiger partial charge in [0.25, 0.3) is 5.91 Å². The molecule has 1 aliphatic rings. The number of hydrogen-bond donors (Lipinski definition) is 1. The Morgan fingerprint density at radius 3 is 2.59 bits per heavy atom. The molecule has 34 heavy (non-hydrogen) atoms. The zero-order valence-corrected chi connectivity index (χ0v) is 19.6. The molecule has 1 N–H and O–H groups in total. The van der Waals surface area contributed by atoms with Crippen LogP contribution in [0, 0.1) is 0 Å². The van der Waals surface area contributed by atoms with Gasteiger partial charge in [0.05, 0.1) is 30.2 Å². The summed E-state index contributed by atoms with van der Waals surface area (Å²) in [6.45, 7) is 0.288. The molecule has 1 fully saturated rings. The topological polar surface area (TPSA) is 60.0 Å². The molecule has 0 radical (unpaired) electrons. The zero-order valence-electron chi connectivity index (χ0n) is 18.8. The van der Waals surface area contributed by atoms with E-state index in [9.17, 15) is 13.6 Å². The Labute approximate surface area is 201 Å². The molecule has 0 bridgehead atoms. The van der Waals surface area contributed by atoms with Crippen LogP contribution >= 0.6 is 11.3 Å². The smallest absolute Gasteiger partial charge is 0.387 e. The SMILES string of the molecule is COc1ccc(CCNC(=O)c2cc(-c3ccccc3)c(N3CCOCC3)s2)cc1OC(F)F. The minimum absolute atomic E-state index is 0.0257. The first-order valence-corrected chi connectivity index (χ1v) is 11.8. The fraction of sp³-hybridized carbons (Fsp3) is 0.320. The number of nitrogens with one attached hydrogen (secondary N) is 1. The third kappa shape index (κ3) is 5.84. The Morgan fingerprint density at radius 2 is 1.88 bits per heavy atom. The number of ether oxygens (including phenoxy) is 3. The number of thiophene rings is 1. The molecule has 0 saturated carbocycles. The van der Waals surface area contributed by atoms with Gasteiger partial charge in [-0.05, 0) is 35.7 Å². The second kappa shape index (κ2) is 11.3. The summed E-state index contributed by atoms with van der Waals surface area (Å²) < 4.78 is 40.4. The van der Waals surface area contributed by atoms with Gasteiger partial charge in [-0.2, -0.15) is 8.78 Å². The van der Waals surface area contributed by atoms with Crippen molar-refractivity contribution < 1.29 is 27.8 Å². The second-order valence-electron chi connectivity index (χ2n) is 7.66. The van der Waals surface area contributed by atoms with E-state index in [0.717, 1.165) is 34.8 Å². The van der Waals surface area contributed by atoms with Crippen molar-refractivity contribution >= 4 is 22.2 Å². The molecule has 9 heteroatoms. The van der Waals surface area contributed by atoms with E-state index < -0.39 is 6.61 Å². The van der Waals surface area contributed by atoms with Crippen molar-refractivity contribution in [1.29, 1.82) is 0 Å². The van der Waals surface area contributed by atoms with E-state index in [1.807, 2.05) is 36.4 Å². The minimum Gasteiger partial charge on any atom is -0.493 e. The molecule has 6 nitrogen and oxygen atoms in total. The van der Waals surface area contributed by atoms with Gasteiger partial charge in [-0.15, -0.1) is 11.3 Å². The fourth-order valence-electron chi connectivity index (χ4n) is 3.79. The van der Waals surface area contributed by atoms with E-state index in [0.29, 0.717) is 31.1 Å². The van der Waals surface area contributed by atoms with Crippen LogP contribution in [0.15, 0.2) is 54.6 Å². The highest BCUT2D eigenvalue weighted by Crippen LogP contribution is 2.39. The molecule has 0 aliphatic carbocycles. The van der Waals surface area contributed by atoms with Crippen LogP contribution in [-0.4, -0.2) is 52.5 Å². The van der Waals surface area contributed by atoms with E-state index >= 15 is 0 Å². The third-order valence-corrected chi connectivity index (χ3v) is 6.66. The molecule has 0 spiro atoms. The molecular formula is C25H26F2N2O4S. The summed E-state index contributed by atoms with van der Waals surface area (Å²) >= 11 is 1.47. The minimum atomic E-state index is -2.94. The Hall–Kier alpha value is -3.17. The first-order valence-electron chi connectivity index (χ1n) is 11.0. The monoisotopic (exact) mass is 488 g/mol. The number of anilines is 1. The first-order chi connectivity index (χ1) is 16.5. The van der Waals surface area contributed by atoms with Gasteiger partial charge in [-0.3, -0.25) is 4.79 Å². The van der Waals surface area contributed by atoms with Gasteiger partial charge in [0.1, 0.15) is 0 Å². The van der Waals surface area contributed by atoms with Gasteiger partial charge >= 0.3 is 6.61 Å². The Morgan fingerprint density at radius 1 is 1.12 bits per heavy atom. The van der Waals surface area contributed by atoms with E-state index in [1.54, 1.807) is 12.1 Å². The molecule has 3 aromatic rings. The fourth-order valence-corrected chi connectivity index (χ4v) is 4.94. The van der Waals surface area contributed by atoms with Gasteiger partial charge in [0.2, 0.25) is 0 Å². The quantitative estimate of drug-likeness (QED) is 0.467. The van der Waals surface area contributed by atoms with Crippen molar-refractivity contribution in [1.82, 2.24) is 5.32 Å². The van der Waals surface area contributed by atoms with Crippen LogP contribution < -0.4 is 19.7 Å². The maximum atomic E-state index is 12.9. The number of carbonyl (C=O) groups excluding carboxylic acids is 1. The molecule has 180 valence electrons. The van der Waals surface area contributed by atoms with E-state index in [2.05, 4.69) is 15.0 Å². The summed E-state index contributed by atoms with van der Waals surface area (Å²) in [5.74, 6) is 0.0391. The summed E-state index contributed by atoms with van der Waals surface area (Å²) in [6.07, 6.45) is 0.461. The molecule has 1 aliphatic heterocycles. The number of carbonyl (C=O) groups is 1. The molecule has 2 aromatic carbocycles. The molecule has 0 unspecified atom stereocenters. The Kier molecular flexibility index (Phi) is 7.97. The van der Waals surface area contributed by atoms with Crippen molar-refractivity contribution in [3.63, 3.8) is 0 Å². The third-order valence-electron chi connectivity index (χ3n) is 5.46. The van der Waals surface area contributed by atoms with E-state index in [4.69, 9.17) is 9.47 Å². The van der Waals surface area contributed by atoms with Crippen molar-refractivity contribution in [3.05, 3.63) is 65.0 Å². The predicted octanol–water partition coefficient (Wildman–Crippen LogP) is 4.83. The molecule has 4 rings (SSSR count). The van der Waals surface area contributed by atoms with Crippen molar-refractivity contribution in [2.24, 2.45) is 0 Å². The molecule has 2 heterocycles. The molecular weight excluding hydrogens is 462 g/mol. The van der Waals surface area contributed by atoms with Gasteiger partial charge in [-0.25, -0.2) is 0 Å². The van der Waals surface area contributed by atoms with Crippen LogP contribution in [0.1, 0.15) is 15.2 Å². The lowest BCUT2D eigenvalue weighted by Crippen LogP contribution is -2.35. The number of halogens is 2. The average Bonchev–Trinajstić information content (AvgIpc) is 3.31. The highest BCUT2D eigenvalue weighted by atomic mass is 32.1. The average molecular weight is 489 g/mol. The number of nitrogens with zero attached hydrogens (tertiary/aromatic N) is 1. The molecule has 0 atom stereocenters. The molecule has 1 aromatic heterocycles. The van der Waals surface area contributed by atoms with Crippen LogP contribution in [0.3, 0.4) is 0 Å². The van der Waals surface area contributed by atoms with Crippen LogP contribution in [0.4, 0.5) is 13.8 Å². The van der Waals surface area contributed by atoms with Crippen molar-refractivity contribution in [2.45, 2.75) is 13.0 Å². The summed E-state index contributed by atoms with van der Waals surface area (Å²) in [7, 11) is 1.39. The molecule has 1 amide bonds. The van der Waals surface area contributed by atoms with Gasteiger partial charge in [0, 0.05) is 25.2 Å². The summed E-state index contributed by atoms with van der Waals surface area (Å²) in [4.78, 5) is 15.8. The maximum absolute atomic E-state index is 12.9. The van der Waals surface area contributed by atoms with Gasteiger partial charge in [-0.1, -0.05) is 36.4 Å².